The first-order valence-corrected chi connectivity index (χ1v) is 12.7. The molecule has 0 aromatic heterocycles. The van der Waals surface area contributed by atoms with Crippen LogP contribution in [0.15, 0.2) is 120 Å². The van der Waals surface area contributed by atoms with Gasteiger partial charge in [0.15, 0.2) is 4.90 Å². The smallest absolute Gasteiger partial charge is 0.158 e. The van der Waals surface area contributed by atoms with Gasteiger partial charge < -0.3 is 4.90 Å². The fraction of sp³-hybridized carbons (Fsp3) is 0.143. The highest BCUT2D eigenvalue weighted by atomic mass is 32.2. The number of anilines is 1. The van der Waals surface area contributed by atoms with Crippen LogP contribution in [-0.2, 0) is 33.0 Å². The number of hydrogen-bond acceptors (Lipinski definition) is 2. The molecule has 4 aromatic rings. The second-order valence-corrected chi connectivity index (χ2v) is 10.7. The summed E-state index contributed by atoms with van der Waals surface area (Å²) in [5.41, 5.74) is 4.82. The lowest BCUT2D eigenvalue weighted by Crippen LogP contribution is -2.22. The van der Waals surface area contributed by atoms with E-state index < -0.39 is 9.93 Å². The molecule has 0 aliphatic heterocycles. The maximum atomic E-state index is 13.2. The maximum Gasteiger partial charge on any atom is 0.158 e. The molecule has 0 spiro atoms. The van der Waals surface area contributed by atoms with Crippen LogP contribution in [0.5, 0.6) is 0 Å². The molecule has 0 aliphatic rings. The minimum Gasteiger partial charge on any atom is -0.363 e. The second-order valence-electron chi connectivity index (χ2n) is 7.96. The molecule has 0 amide bonds. The minimum atomic E-state index is -2.11. The van der Waals surface area contributed by atoms with E-state index in [1.54, 1.807) is 0 Å². The Labute approximate surface area is 186 Å². The standard InChI is InChI=1S/C28H28NOS/c1-31(30,28-15-9-4-10-16-28)23-26-17-19-27(20-18-26)29(21-24-11-5-2-6-12-24)22-25-13-7-3-8-14-25/h2-20H,21-23H2,1H3/q+1. The van der Waals surface area contributed by atoms with Gasteiger partial charge >= 0.3 is 0 Å². The normalized spacial score (nSPS) is 12.8. The van der Waals surface area contributed by atoms with Crippen LogP contribution in [0.1, 0.15) is 16.7 Å². The maximum absolute atomic E-state index is 13.2. The highest BCUT2D eigenvalue weighted by Gasteiger charge is 2.25. The Balaban J connectivity index is 1.55. The first kappa shape index (κ1) is 21.1. The lowest BCUT2D eigenvalue weighted by molar-refractivity contribution is 0.587. The zero-order valence-electron chi connectivity index (χ0n) is 17.9. The van der Waals surface area contributed by atoms with Crippen LogP contribution in [-0.4, -0.2) is 6.26 Å². The van der Waals surface area contributed by atoms with Crippen LogP contribution < -0.4 is 4.90 Å². The van der Waals surface area contributed by atoms with Crippen molar-refractivity contribution in [3.8, 4) is 0 Å². The van der Waals surface area contributed by atoms with Crippen LogP contribution in [0.3, 0.4) is 0 Å². The predicted molar refractivity (Wildman–Crippen MR) is 132 cm³/mol. The molecule has 0 heterocycles. The average Bonchev–Trinajstić information content (AvgIpc) is 2.81. The molecule has 0 fully saturated rings. The zero-order valence-corrected chi connectivity index (χ0v) is 18.7. The largest absolute Gasteiger partial charge is 0.363 e. The lowest BCUT2D eigenvalue weighted by Gasteiger charge is -2.25. The molecule has 0 bridgehead atoms. The Morgan fingerprint density at radius 2 is 1.03 bits per heavy atom. The fourth-order valence-electron chi connectivity index (χ4n) is 3.76. The van der Waals surface area contributed by atoms with Gasteiger partial charge in [-0.2, -0.15) is 0 Å². The summed E-state index contributed by atoms with van der Waals surface area (Å²) >= 11 is 0. The van der Waals surface area contributed by atoms with Gasteiger partial charge in [0.2, 0.25) is 0 Å². The van der Waals surface area contributed by atoms with E-state index in [2.05, 4.69) is 89.8 Å². The summed E-state index contributed by atoms with van der Waals surface area (Å²) < 4.78 is 13.2. The summed E-state index contributed by atoms with van der Waals surface area (Å²) in [6, 6.07) is 39.4. The average molecular weight is 427 g/mol. The zero-order chi connectivity index (χ0) is 21.5. The highest BCUT2D eigenvalue weighted by molar-refractivity contribution is 8.01. The van der Waals surface area contributed by atoms with Crippen LogP contribution in [0, 0.1) is 0 Å². The molecular weight excluding hydrogens is 398 g/mol. The summed E-state index contributed by atoms with van der Waals surface area (Å²) in [6.45, 7) is 1.67. The van der Waals surface area contributed by atoms with Gasteiger partial charge in [0.05, 0.1) is 0 Å². The third-order valence-electron chi connectivity index (χ3n) is 5.42. The quantitative estimate of drug-likeness (QED) is 0.297. The summed E-state index contributed by atoms with van der Waals surface area (Å²) in [5.74, 6) is 0.550. The summed E-state index contributed by atoms with van der Waals surface area (Å²) in [7, 11) is -2.11. The molecule has 0 aliphatic carbocycles. The number of hydrogen-bond donors (Lipinski definition) is 0. The van der Waals surface area contributed by atoms with Crippen molar-refractivity contribution in [3.63, 3.8) is 0 Å². The van der Waals surface area contributed by atoms with E-state index in [1.807, 2.05) is 36.6 Å². The van der Waals surface area contributed by atoms with Crippen LogP contribution in [0.4, 0.5) is 5.69 Å². The third-order valence-corrected chi connectivity index (χ3v) is 7.57. The first-order chi connectivity index (χ1) is 15.1. The number of nitrogens with zero attached hydrogens (tertiary/aromatic N) is 1. The molecule has 2 nitrogen and oxygen atoms in total. The fourth-order valence-corrected chi connectivity index (χ4v) is 5.49. The molecule has 4 rings (SSSR count). The molecule has 4 aromatic carbocycles. The van der Waals surface area contributed by atoms with E-state index in [9.17, 15) is 4.21 Å². The molecule has 31 heavy (non-hydrogen) atoms. The number of benzene rings is 4. The van der Waals surface area contributed by atoms with E-state index in [1.165, 1.54) is 16.8 Å². The Kier molecular flexibility index (Phi) is 6.63. The van der Waals surface area contributed by atoms with Crippen molar-refractivity contribution in [2.75, 3.05) is 11.2 Å². The van der Waals surface area contributed by atoms with E-state index in [-0.39, 0.29) is 0 Å². The molecule has 0 saturated carbocycles. The molecule has 1 unspecified atom stereocenters. The Morgan fingerprint density at radius 1 is 0.581 bits per heavy atom. The van der Waals surface area contributed by atoms with Gasteiger partial charge in [-0.1, -0.05) is 95.2 Å². The molecule has 1 atom stereocenters. The van der Waals surface area contributed by atoms with Gasteiger partial charge in [0.25, 0.3) is 0 Å². The Bertz CT molecular complexity index is 1080. The topological polar surface area (TPSA) is 20.3 Å². The van der Waals surface area contributed by atoms with Gasteiger partial charge in [-0.15, -0.1) is 0 Å². The van der Waals surface area contributed by atoms with Crippen LogP contribution in [0.2, 0.25) is 0 Å². The van der Waals surface area contributed by atoms with Crippen molar-refractivity contribution < 1.29 is 4.21 Å². The highest BCUT2D eigenvalue weighted by Crippen LogP contribution is 2.25. The van der Waals surface area contributed by atoms with Crippen LogP contribution >= 0.6 is 0 Å². The summed E-state index contributed by atoms with van der Waals surface area (Å²) in [5, 5.41) is 0. The second kappa shape index (κ2) is 9.76. The van der Waals surface area contributed by atoms with Gasteiger partial charge in [-0.25, -0.2) is 0 Å². The van der Waals surface area contributed by atoms with Crippen molar-refractivity contribution in [2.24, 2.45) is 0 Å². The van der Waals surface area contributed by atoms with E-state index in [4.69, 9.17) is 0 Å². The van der Waals surface area contributed by atoms with Gasteiger partial charge in [-0.3, -0.25) is 0 Å². The molecule has 156 valence electrons. The molecule has 0 saturated heterocycles. The van der Waals surface area contributed by atoms with Crippen LogP contribution in [0.25, 0.3) is 0 Å². The van der Waals surface area contributed by atoms with Gasteiger partial charge in [0, 0.05) is 24.3 Å². The first-order valence-electron chi connectivity index (χ1n) is 10.5. The minimum absolute atomic E-state index is 0.550. The predicted octanol–water partition coefficient (Wildman–Crippen LogP) is 6.58. The van der Waals surface area contributed by atoms with Crippen molar-refractivity contribution in [1.82, 2.24) is 0 Å². The van der Waals surface area contributed by atoms with Crippen molar-refractivity contribution in [2.45, 2.75) is 23.7 Å². The summed E-state index contributed by atoms with van der Waals surface area (Å²) in [6.07, 6.45) is 1.85. The van der Waals surface area contributed by atoms with Crippen molar-refractivity contribution in [3.05, 3.63) is 132 Å². The lowest BCUT2D eigenvalue weighted by atomic mass is 10.1. The van der Waals surface area contributed by atoms with E-state index in [0.29, 0.717) is 5.75 Å². The molecule has 0 radical (unpaired) electrons. The Morgan fingerprint density at radius 3 is 1.52 bits per heavy atom. The SMILES string of the molecule is C[S+](=O)(Cc1ccc(N(Cc2ccccc2)Cc2ccccc2)cc1)c1ccccc1. The monoisotopic (exact) mass is 426 g/mol. The van der Waals surface area contributed by atoms with Gasteiger partial charge in [0.1, 0.15) is 21.9 Å². The number of rotatable bonds is 8. The third kappa shape index (κ3) is 5.71. The van der Waals surface area contributed by atoms with Crippen molar-refractivity contribution in [1.29, 1.82) is 0 Å². The van der Waals surface area contributed by atoms with E-state index in [0.717, 1.165) is 23.5 Å². The molecule has 3 heteroatoms. The summed E-state index contributed by atoms with van der Waals surface area (Å²) in [4.78, 5) is 3.29. The molecule has 0 N–H and O–H groups in total. The Hall–Kier alpha value is -3.17. The van der Waals surface area contributed by atoms with Crippen molar-refractivity contribution >= 4 is 15.6 Å². The molecular formula is C28H28NOS+. The van der Waals surface area contributed by atoms with E-state index >= 15 is 0 Å². The van der Waals surface area contributed by atoms with Gasteiger partial charge in [-0.05, 0) is 35.4 Å².